The van der Waals surface area contributed by atoms with E-state index in [1.165, 1.54) is 6.39 Å². The lowest BCUT2D eigenvalue weighted by atomic mass is 9.82. The maximum absolute atomic E-state index is 12.8. The van der Waals surface area contributed by atoms with Crippen LogP contribution in [-0.4, -0.2) is 30.6 Å². The number of piperidine rings is 1. The second kappa shape index (κ2) is 7.70. The molecule has 25 heavy (non-hydrogen) atoms. The largest absolute Gasteiger partial charge is 0.496 e. The van der Waals surface area contributed by atoms with E-state index >= 15 is 0 Å². The molecule has 1 aromatic carbocycles. The number of hydrogen-bond acceptors (Lipinski definition) is 5. The molecule has 134 valence electrons. The fourth-order valence-corrected chi connectivity index (χ4v) is 3.46. The number of ether oxygens (including phenoxy) is 1. The molecule has 6 heteroatoms. The lowest BCUT2D eigenvalue weighted by molar-refractivity contribution is -0.120. The molecule has 0 saturated carbocycles. The maximum Gasteiger partial charge on any atom is 0.241 e. The summed E-state index contributed by atoms with van der Waals surface area (Å²) in [6, 6.07) is 5.37. The number of nitrogens with one attached hydrogen (secondary N) is 2. The topological polar surface area (TPSA) is 76.4 Å². The molecule has 6 nitrogen and oxygen atoms in total. The second-order valence-corrected chi connectivity index (χ2v) is 6.75. The number of hydrogen-bond donors (Lipinski definition) is 2. The van der Waals surface area contributed by atoms with Gasteiger partial charge in [-0.3, -0.25) is 4.79 Å². The van der Waals surface area contributed by atoms with Crippen molar-refractivity contribution in [2.24, 2.45) is 11.8 Å². The van der Waals surface area contributed by atoms with Gasteiger partial charge in [0.2, 0.25) is 5.91 Å². The number of benzene rings is 1. The van der Waals surface area contributed by atoms with Crippen LogP contribution in [0.3, 0.4) is 0 Å². The van der Waals surface area contributed by atoms with Crippen molar-refractivity contribution in [3.05, 3.63) is 30.8 Å². The summed E-state index contributed by atoms with van der Waals surface area (Å²) in [5.74, 6) is 2.08. The summed E-state index contributed by atoms with van der Waals surface area (Å²) in [6.07, 6.45) is 5.21. The molecule has 1 aliphatic rings. The van der Waals surface area contributed by atoms with Gasteiger partial charge in [-0.2, -0.15) is 0 Å². The Balaban J connectivity index is 1.77. The fraction of sp³-hybridized carbons (Fsp3) is 0.474. The molecule has 1 amide bonds. The van der Waals surface area contributed by atoms with Crippen LogP contribution in [0.15, 0.2) is 35.2 Å². The number of oxazole rings is 1. The minimum absolute atomic E-state index is 0.00729. The van der Waals surface area contributed by atoms with Gasteiger partial charge in [0.05, 0.1) is 24.9 Å². The van der Waals surface area contributed by atoms with Gasteiger partial charge in [0.25, 0.3) is 0 Å². The van der Waals surface area contributed by atoms with Crippen molar-refractivity contribution in [2.45, 2.75) is 32.7 Å². The third kappa shape index (κ3) is 3.85. The van der Waals surface area contributed by atoms with E-state index in [9.17, 15) is 4.79 Å². The zero-order valence-electron chi connectivity index (χ0n) is 14.9. The normalized spacial score (nSPS) is 20.5. The van der Waals surface area contributed by atoms with Crippen molar-refractivity contribution < 1.29 is 13.9 Å². The summed E-state index contributed by atoms with van der Waals surface area (Å²) in [5, 5.41) is 6.38. The Morgan fingerprint density at radius 2 is 2.28 bits per heavy atom. The lowest BCUT2D eigenvalue weighted by Gasteiger charge is -2.34. The standard InChI is InChI=1S/C19H25N3O3/c1-12(2)14-5-4-8-21-18(14)19(23)22-13-6-7-15(16(9-13)24-3)17-10-20-11-25-17/h6-7,9-12,14,18,21H,4-5,8H2,1-3H3,(H,22,23)/t14-,18-/m0/s1. The van der Waals surface area contributed by atoms with E-state index in [0.717, 1.165) is 24.9 Å². The van der Waals surface area contributed by atoms with E-state index in [2.05, 4.69) is 29.5 Å². The maximum atomic E-state index is 12.8. The Morgan fingerprint density at radius 1 is 1.44 bits per heavy atom. The minimum Gasteiger partial charge on any atom is -0.496 e. The molecule has 0 bridgehead atoms. The highest BCUT2D eigenvalue weighted by atomic mass is 16.5. The summed E-state index contributed by atoms with van der Waals surface area (Å²) < 4.78 is 10.8. The van der Waals surface area contributed by atoms with Gasteiger partial charge in [-0.25, -0.2) is 4.98 Å². The molecule has 0 unspecified atom stereocenters. The van der Waals surface area contributed by atoms with Gasteiger partial charge in [0.15, 0.2) is 12.2 Å². The van der Waals surface area contributed by atoms with Crippen molar-refractivity contribution in [2.75, 3.05) is 19.0 Å². The van der Waals surface area contributed by atoms with Crippen LogP contribution in [-0.2, 0) is 4.79 Å². The molecular weight excluding hydrogens is 318 g/mol. The van der Waals surface area contributed by atoms with E-state index in [1.54, 1.807) is 13.3 Å². The number of anilines is 1. The Kier molecular flexibility index (Phi) is 5.38. The number of nitrogens with zero attached hydrogens (tertiary/aromatic N) is 1. The number of carbonyl (C=O) groups is 1. The third-order valence-electron chi connectivity index (χ3n) is 4.81. The van der Waals surface area contributed by atoms with Crippen LogP contribution in [0.5, 0.6) is 5.75 Å². The monoisotopic (exact) mass is 343 g/mol. The first-order valence-corrected chi connectivity index (χ1v) is 8.71. The predicted molar refractivity (Wildman–Crippen MR) is 96.5 cm³/mol. The quantitative estimate of drug-likeness (QED) is 0.871. The van der Waals surface area contributed by atoms with E-state index < -0.39 is 0 Å². The van der Waals surface area contributed by atoms with Crippen LogP contribution in [0.2, 0.25) is 0 Å². The van der Waals surface area contributed by atoms with Gasteiger partial charge < -0.3 is 19.8 Å². The average molecular weight is 343 g/mol. The Morgan fingerprint density at radius 3 is 2.96 bits per heavy atom. The van der Waals surface area contributed by atoms with Crippen LogP contribution < -0.4 is 15.4 Å². The van der Waals surface area contributed by atoms with Crippen molar-refractivity contribution in [3.63, 3.8) is 0 Å². The highest BCUT2D eigenvalue weighted by Gasteiger charge is 2.32. The zero-order chi connectivity index (χ0) is 17.8. The van der Waals surface area contributed by atoms with E-state index in [1.807, 2.05) is 18.2 Å². The summed E-state index contributed by atoms with van der Waals surface area (Å²) >= 11 is 0. The highest BCUT2D eigenvalue weighted by Crippen LogP contribution is 2.32. The van der Waals surface area contributed by atoms with Crippen LogP contribution in [0.25, 0.3) is 11.3 Å². The Bertz CT molecular complexity index is 713. The molecule has 1 aliphatic heterocycles. The Labute approximate surface area is 148 Å². The molecule has 1 saturated heterocycles. The van der Waals surface area contributed by atoms with Gasteiger partial charge >= 0.3 is 0 Å². The summed E-state index contributed by atoms with van der Waals surface area (Å²) in [7, 11) is 1.60. The number of methoxy groups -OCH3 is 1. The van der Waals surface area contributed by atoms with Crippen molar-refractivity contribution in [1.82, 2.24) is 10.3 Å². The summed E-state index contributed by atoms with van der Waals surface area (Å²) in [4.78, 5) is 16.7. The molecule has 0 radical (unpaired) electrons. The first kappa shape index (κ1) is 17.5. The SMILES string of the molecule is COc1cc(NC(=O)[C@H]2NCCC[C@H]2C(C)C)ccc1-c1cnco1. The van der Waals surface area contributed by atoms with E-state index in [0.29, 0.717) is 29.0 Å². The molecule has 2 heterocycles. The van der Waals surface area contributed by atoms with Crippen LogP contribution in [0.4, 0.5) is 5.69 Å². The van der Waals surface area contributed by atoms with Gasteiger partial charge in [-0.1, -0.05) is 13.8 Å². The van der Waals surface area contributed by atoms with E-state index in [-0.39, 0.29) is 11.9 Å². The molecule has 3 rings (SSSR count). The first-order valence-electron chi connectivity index (χ1n) is 8.71. The Hall–Kier alpha value is -2.34. The summed E-state index contributed by atoms with van der Waals surface area (Å²) in [5.41, 5.74) is 1.51. The molecule has 0 aliphatic carbocycles. The molecular formula is C19H25N3O3. The van der Waals surface area contributed by atoms with Crippen molar-refractivity contribution >= 4 is 11.6 Å². The van der Waals surface area contributed by atoms with Crippen molar-refractivity contribution in [1.29, 1.82) is 0 Å². The first-order chi connectivity index (χ1) is 12.1. The number of carbonyl (C=O) groups excluding carboxylic acids is 1. The van der Waals surface area contributed by atoms with Gasteiger partial charge in [-0.15, -0.1) is 0 Å². The predicted octanol–water partition coefficient (Wildman–Crippen LogP) is 3.31. The van der Waals surface area contributed by atoms with Crippen molar-refractivity contribution in [3.8, 4) is 17.1 Å². The fourth-order valence-electron chi connectivity index (χ4n) is 3.46. The third-order valence-corrected chi connectivity index (χ3v) is 4.81. The van der Waals surface area contributed by atoms with Gasteiger partial charge in [-0.05, 0) is 43.4 Å². The zero-order valence-corrected chi connectivity index (χ0v) is 14.9. The molecule has 2 aromatic rings. The van der Waals surface area contributed by atoms with Gasteiger partial charge in [0.1, 0.15) is 5.75 Å². The van der Waals surface area contributed by atoms with Crippen LogP contribution in [0, 0.1) is 11.8 Å². The minimum atomic E-state index is -0.159. The molecule has 1 aromatic heterocycles. The van der Waals surface area contributed by atoms with Crippen LogP contribution >= 0.6 is 0 Å². The molecule has 2 N–H and O–H groups in total. The van der Waals surface area contributed by atoms with Gasteiger partial charge in [0, 0.05) is 11.8 Å². The smallest absolute Gasteiger partial charge is 0.241 e. The average Bonchev–Trinajstić information content (AvgIpc) is 3.16. The molecule has 0 spiro atoms. The number of amides is 1. The highest BCUT2D eigenvalue weighted by molar-refractivity contribution is 5.95. The molecule has 1 fully saturated rings. The lowest BCUT2D eigenvalue weighted by Crippen LogP contribution is -2.50. The van der Waals surface area contributed by atoms with E-state index in [4.69, 9.17) is 9.15 Å². The molecule has 2 atom stereocenters. The summed E-state index contributed by atoms with van der Waals surface area (Å²) in [6.45, 7) is 5.23. The number of aromatic nitrogens is 1. The second-order valence-electron chi connectivity index (χ2n) is 6.75. The number of rotatable bonds is 5. The van der Waals surface area contributed by atoms with Crippen LogP contribution in [0.1, 0.15) is 26.7 Å².